The molecule has 0 bridgehead atoms. The summed E-state index contributed by atoms with van der Waals surface area (Å²) >= 11 is 0. The van der Waals surface area contributed by atoms with E-state index in [4.69, 9.17) is 28.8 Å². The standard InChI is InChI=1S/C18H30O17/c19-5-3(33-16(30)11(25)7(5)21)1-31-17-12(26)8(22)6(20)4(34-17)2-32-18-13(27)9(23)10(24)14(35-18)15(28)29/h3-14,16-27,30H,1-2H2,(H,28,29)/t3-,4+,5-,6-,7+,8+,9+,10-,11-,12+,13+,14-,16-,17+,18+/m0/s1. The third kappa shape index (κ3) is 5.90. The first-order valence-electron chi connectivity index (χ1n) is 10.6. The zero-order chi connectivity index (χ0) is 26.2. The van der Waals surface area contributed by atoms with Crippen LogP contribution in [0.4, 0.5) is 0 Å². The number of hydrogen-bond donors (Lipinski definition) is 11. The molecule has 0 aliphatic carbocycles. The van der Waals surface area contributed by atoms with Crippen LogP contribution in [0, 0.1) is 0 Å². The fourth-order valence-corrected chi connectivity index (χ4v) is 3.83. The van der Waals surface area contributed by atoms with E-state index in [-0.39, 0.29) is 0 Å². The molecule has 3 saturated heterocycles. The van der Waals surface area contributed by atoms with Gasteiger partial charge in [-0.1, -0.05) is 0 Å². The summed E-state index contributed by atoms with van der Waals surface area (Å²) in [5, 5.41) is 108. The van der Waals surface area contributed by atoms with E-state index in [1.54, 1.807) is 0 Å². The molecule has 3 heterocycles. The molecular weight excluding hydrogens is 488 g/mol. The Bertz CT molecular complexity index is 711. The molecule has 35 heavy (non-hydrogen) atoms. The number of rotatable bonds is 7. The van der Waals surface area contributed by atoms with E-state index >= 15 is 0 Å². The van der Waals surface area contributed by atoms with Crippen LogP contribution in [-0.2, 0) is 28.5 Å². The fourth-order valence-electron chi connectivity index (χ4n) is 3.83. The van der Waals surface area contributed by atoms with Crippen LogP contribution in [0.5, 0.6) is 0 Å². The lowest BCUT2D eigenvalue weighted by atomic mass is 9.98. The summed E-state index contributed by atoms with van der Waals surface area (Å²) in [5.41, 5.74) is 0. The summed E-state index contributed by atoms with van der Waals surface area (Å²) in [5.74, 6) is -1.65. The molecular formula is C18H30O17. The highest BCUT2D eigenvalue weighted by atomic mass is 16.7. The Morgan fingerprint density at radius 1 is 0.543 bits per heavy atom. The minimum absolute atomic E-state index is 0.616. The van der Waals surface area contributed by atoms with Gasteiger partial charge in [0.2, 0.25) is 0 Å². The third-order valence-corrected chi connectivity index (χ3v) is 6.02. The van der Waals surface area contributed by atoms with Crippen LogP contribution in [0.15, 0.2) is 0 Å². The molecule has 3 aliphatic heterocycles. The predicted octanol–water partition coefficient (Wildman–Crippen LogP) is -7.48. The molecule has 0 aromatic rings. The van der Waals surface area contributed by atoms with E-state index in [9.17, 15) is 55.9 Å². The Labute approximate surface area is 196 Å². The summed E-state index contributed by atoms with van der Waals surface area (Å²) in [6.45, 7) is -1.30. The average molecular weight is 518 g/mol. The second-order valence-corrected chi connectivity index (χ2v) is 8.45. The molecule has 204 valence electrons. The van der Waals surface area contributed by atoms with Gasteiger partial charge in [0.05, 0.1) is 13.2 Å². The minimum atomic E-state index is -1.95. The van der Waals surface area contributed by atoms with Gasteiger partial charge in [0, 0.05) is 0 Å². The highest BCUT2D eigenvalue weighted by molar-refractivity contribution is 5.73. The number of aliphatic carboxylic acids is 1. The van der Waals surface area contributed by atoms with Gasteiger partial charge in [-0.3, -0.25) is 0 Å². The quantitative estimate of drug-likeness (QED) is 0.149. The van der Waals surface area contributed by atoms with Crippen LogP contribution < -0.4 is 0 Å². The van der Waals surface area contributed by atoms with E-state index in [1.165, 1.54) is 0 Å². The zero-order valence-corrected chi connectivity index (χ0v) is 17.9. The van der Waals surface area contributed by atoms with Crippen molar-refractivity contribution in [3.63, 3.8) is 0 Å². The van der Waals surface area contributed by atoms with Crippen molar-refractivity contribution in [2.75, 3.05) is 13.2 Å². The number of aliphatic hydroxyl groups is 10. The molecule has 0 amide bonds. The molecule has 3 fully saturated rings. The van der Waals surface area contributed by atoms with Gasteiger partial charge < -0.3 is 79.9 Å². The van der Waals surface area contributed by atoms with Crippen molar-refractivity contribution in [3.8, 4) is 0 Å². The molecule has 3 rings (SSSR count). The van der Waals surface area contributed by atoms with Crippen LogP contribution in [0.1, 0.15) is 0 Å². The summed E-state index contributed by atoms with van der Waals surface area (Å²) in [4.78, 5) is 11.2. The van der Waals surface area contributed by atoms with Gasteiger partial charge in [0.15, 0.2) is 25.0 Å². The Balaban J connectivity index is 1.60. The number of aliphatic hydroxyl groups excluding tert-OH is 10. The van der Waals surface area contributed by atoms with Crippen LogP contribution in [0.2, 0.25) is 0 Å². The van der Waals surface area contributed by atoms with E-state index in [0.29, 0.717) is 0 Å². The van der Waals surface area contributed by atoms with Crippen molar-refractivity contribution in [1.82, 2.24) is 0 Å². The topological polar surface area (TPSA) is 286 Å². The Morgan fingerprint density at radius 2 is 0.971 bits per heavy atom. The fraction of sp³-hybridized carbons (Fsp3) is 0.944. The van der Waals surface area contributed by atoms with Crippen LogP contribution >= 0.6 is 0 Å². The molecule has 0 spiro atoms. The first-order chi connectivity index (χ1) is 16.3. The van der Waals surface area contributed by atoms with Crippen LogP contribution in [0.3, 0.4) is 0 Å². The summed E-state index contributed by atoms with van der Waals surface area (Å²) < 4.78 is 25.7. The molecule has 15 atom stereocenters. The highest BCUT2D eigenvalue weighted by Crippen LogP contribution is 2.27. The predicted molar refractivity (Wildman–Crippen MR) is 102 cm³/mol. The molecule has 0 aromatic carbocycles. The van der Waals surface area contributed by atoms with Gasteiger partial charge in [0.25, 0.3) is 0 Å². The maximum atomic E-state index is 11.2. The summed E-state index contributed by atoms with van der Waals surface area (Å²) in [6.07, 6.45) is -26.6. The first-order valence-corrected chi connectivity index (χ1v) is 10.6. The second-order valence-electron chi connectivity index (χ2n) is 8.45. The van der Waals surface area contributed by atoms with Crippen molar-refractivity contribution in [3.05, 3.63) is 0 Å². The molecule has 17 heteroatoms. The normalized spacial score (nSPS) is 51.2. The lowest BCUT2D eigenvalue weighted by Gasteiger charge is -2.43. The molecule has 0 unspecified atom stereocenters. The van der Waals surface area contributed by atoms with Gasteiger partial charge in [-0.15, -0.1) is 0 Å². The first kappa shape index (κ1) is 28.4. The largest absolute Gasteiger partial charge is 0.479 e. The Hall–Kier alpha value is -1.13. The second kappa shape index (κ2) is 11.5. The zero-order valence-electron chi connectivity index (χ0n) is 17.9. The smallest absolute Gasteiger partial charge is 0.335 e. The molecule has 0 radical (unpaired) electrons. The lowest BCUT2D eigenvalue weighted by Crippen LogP contribution is -2.63. The lowest BCUT2D eigenvalue weighted by molar-refractivity contribution is -0.338. The Kier molecular flexibility index (Phi) is 9.35. The van der Waals surface area contributed by atoms with Crippen LogP contribution in [-0.4, -0.2) is 167 Å². The van der Waals surface area contributed by atoms with Crippen molar-refractivity contribution in [2.24, 2.45) is 0 Å². The number of hydrogen-bond acceptors (Lipinski definition) is 16. The van der Waals surface area contributed by atoms with E-state index in [0.717, 1.165) is 0 Å². The average Bonchev–Trinajstić information content (AvgIpc) is 2.82. The van der Waals surface area contributed by atoms with Crippen molar-refractivity contribution >= 4 is 5.97 Å². The van der Waals surface area contributed by atoms with Gasteiger partial charge in [-0.05, 0) is 0 Å². The number of carboxylic acids is 1. The summed E-state index contributed by atoms with van der Waals surface area (Å²) in [6, 6.07) is 0. The van der Waals surface area contributed by atoms with Crippen molar-refractivity contribution < 1.29 is 84.7 Å². The SMILES string of the molecule is O=C(O)[C@H]1O[C@@H](OC[C@H]2O[C@@H](OC[C@@H]3O[C@H](O)[C@@H](O)[C@H](O)[C@H]3O)[C@H](O)[C@H](O)[C@H]2O)[C@H](O)[C@H](O)[C@@H]1O. The number of carbonyl (C=O) groups is 1. The number of carboxylic acid groups (broad SMARTS) is 1. The molecule has 11 N–H and O–H groups in total. The van der Waals surface area contributed by atoms with E-state index < -0.39 is 111 Å². The molecule has 17 nitrogen and oxygen atoms in total. The van der Waals surface area contributed by atoms with Gasteiger partial charge in [0.1, 0.15) is 67.1 Å². The highest BCUT2D eigenvalue weighted by Gasteiger charge is 2.50. The minimum Gasteiger partial charge on any atom is -0.479 e. The summed E-state index contributed by atoms with van der Waals surface area (Å²) in [7, 11) is 0. The van der Waals surface area contributed by atoms with Crippen molar-refractivity contribution in [2.45, 2.75) is 92.1 Å². The maximum absolute atomic E-state index is 11.2. The van der Waals surface area contributed by atoms with Crippen molar-refractivity contribution in [1.29, 1.82) is 0 Å². The van der Waals surface area contributed by atoms with Gasteiger partial charge >= 0.3 is 5.97 Å². The Morgan fingerprint density at radius 3 is 1.49 bits per heavy atom. The monoisotopic (exact) mass is 518 g/mol. The van der Waals surface area contributed by atoms with E-state index in [1.807, 2.05) is 0 Å². The van der Waals surface area contributed by atoms with Gasteiger partial charge in [-0.2, -0.15) is 0 Å². The third-order valence-electron chi connectivity index (χ3n) is 6.02. The van der Waals surface area contributed by atoms with Gasteiger partial charge in [-0.25, -0.2) is 4.79 Å². The van der Waals surface area contributed by atoms with E-state index in [2.05, 4.69) is 0 Å². The molecule has 0 saturated carbocycles. The molecule has 3 aliphatic rings. The molecule has 0 aromatic heterocycles. The van der Waals surface area contributed by atoms with Crippen LogP contribution in [0.25, 0.3) is 0 Å². The number of ether oxygens (including phenoxy) is 5. The maximum Gasteiger partial charge on any atom is 0.335 e.